The second-order valence-electron chi connectivity index (χ2n) is 8.27. The highest BCUT2D eigenvalue weighted by molar-refractivity contribution is 5.76. The summed E-state index contributed by atoms with van der Waals surface area (Å²) < 4.78 is 6.79. The van der Waals surface area contributed by atoms with Crippen LogP contribution in [0.2, 0.25) is 0 Å². The van der Waals surface area contributed by atoms with Crippen LogP contribution in [0.1, 0.15) is 35.5 Å². The molecular weight excluding hydrogens is 402 g/mol. The molecule has 162 valence electrons. The molecule has 0 radical (unpaired) electrons. The van der Waals surface area contributed by atoms with E-state index >= 15 is 0 Å². The first-order valence-electron chi connectivity index (χ1n) is 10.7. The summed E-state index contributed by atoms with van der Waals surface area (Å²) in [7, 11) is 1.67. The van der Waals surface area contributed by atoms with E-state index in [4.69, 9.17) is 4.98 Å². The van der Waals surface area contributed by atoms with Gasteiger partial charge in [-0.25, -0.2) is 4.79 Å². The van der Waals surface area contributed by atoms with Gasteiger partial charge < -0.3 is 4.57 Å². The van der Waals surface area contributed by atoms with Crippen LogP contribution in [-0.4, -0.2) is 23.1 Å². The molecule has 0 N–H and O–H groups in total. The molecule has 32 heavy (non-hydrogen) atoms. The summed E-state index contributed by atoms with van der Waals surface area (Å²) in [5.74, 6) is 0.663. The van der Waals surface area contributed by atoms with Gasteiger partial charge in [0.2, 0.25) is 5.78 Å². The van der Waals surface area contributed by atoms with Crippen LogP contribution in [0.5, 0.6) is 0 Å². The maximum atomic E-state index is 13.6. The molecule has 0 aliphatic rings. The summed E-state index contributed by atoms with van der Waals surface area (Å²) in [6.07, 6.45) is 0. The van der Waals surface area contributed by atoms with Gasteiger partial charge in [-0.05, 0) is 31.9 Å². The summed E-state index contributed by atoms with van der Waals surface area (Å²) in [6.45, 7) is 6.37. The fraction of sp³-hybridized carbons (Fsp3) is 0.240. The second kappa shape index (κ2) is 7.37. The summed E-state index contributed by atoms with van der Waals surface area (Å²) in [6, 6.07) is 19.8. The van der Waals surface area contributed by atoms with Gasteiger partial charge in [0.1, 0.15) is 0 Å². The molecule has 1 atom stereocenters. The Morgan fingerprint density at radius 3 is 2.19 bits per heavy atom. The SMILES string of the molecule is Cc1c(C)n2c3c(=O)n(Cc4ccccc4)c(=O)n(C)c3nc2n1[C@@H](C)c1ccccc1. The van der Waals surface area contributed by atoms with Gasteiger partial charge in [0.05, 0.1) is 12.6 Å². The molecule has 5 aromatic rings. The Labute approximate surface area is 184 Å². The second-order valence-corrected chi connectivity index (χ2v) is 8.27. The van der Waals surface area contributed by atoms with Crippen LogP contribution in [-0.2, 0) is 13.6 Å². The van der Waals surface area contributed by atoms with Crippen molar-refractivity contribution in [3.8, 4) is 0 Å². The fourth-order valence-electron chi connectivity index (χ4n) is 4.52. The largest absolute Gasteiger partial charge is 0.332 e. The molecule has 0 bridgehead atoms. The summed E-state index contributed by atoms with van der Waals surface area (Å²) >= 11 is 0. The molecule has 7 nitrogen and oxygen atoms in total. The molecule has 5 rings (SSSR count). The van der Waals surface area contributed by atoms with E-state index < -0.39 is 0 Å². The third kappa shape index (κ3) is 2.85. The Morgan fingerprint density at radius 1 is 0.906 bits per heavy atom. The zero-order valence-electron chi connectivity index (χ0n) is 18.6. The fourth-order valence-corrected chi connectivity index (χ4v) is 4.52. The van der Waals surface area contributed by atoms with Crippen LogP contribution in [0.15, 0.2) is 70.3 Å². The molecule has 2 aromatic carbocycles. The van der Waals surface area contributed by atoms with Gasteiger partial charge in [-0.3, -0.25) is 18.3 Å². The molecule has 0 saturated carbocycles. The summed E-state index contributed by atoms with van der Waals surface area (Å²) in [4.78, 5) is 31.4. The van der Waals surface area contributed by atoms with Crippen molar-refractivity contribution in [2.45, 2.75) is 33.4 Å². The van der Waals surface area contributed by atoms with E-state index in [-0.39, 0.29) is 23.8 Å². The Kier molecular flexibility index (Phi) is 4.62. The highest BCUT2D eigenvalue weighted by atomic mass is 16.2. The van der Waals surface area contributed by atoms with Crippen LogP contribution in [0.4, 0.5) is 0 Å². The van der Waals surface area contributed by atoms with Crippen LogP contribution in [0.25, 0.3) is 16.9 Å². The van der Waals surface area contributed by atoms with Gasteiger partial charge in [-0.2, -0.15) is 4.98 Å². The maximum Gasteiger partial charge on any atom is 0.332 e. The highest BCUT2D eigenvalue weighted by Gasteiger charge is 2.24. The lowest BCUT2D eigenvalue weighted by Gasteiger charge is -2.16. The number of hydrogen-bond acceptors (Lipinski definition) is 3. The monoisotopic (exact) mass is 427 g/mol. The number of fused-ring (bicyclic) bond motifs is 3. The number of hydrogen-bond donors (Lipinski definition) is 0. The van der Waals surface area contributed by atoms with Crippen LogP contribution >= 0.6 is 0 Å². The summed E-state index contributed by atoms with van der Waals surface area (Å²) in [5.41, 5.74) is 4.15. The lowest BCUT2D eigenvalue weighted by molar-refractivity contribution is 0.637. The van der Waals surface area contributed by atoms with Crippen molar-refractivity contribution in [3.05, 3.63) is 104 Å². The van der Waals surface area contributed by atoms with Crippen molar-refractivity contribution in [2.75, 3.05) is 0 Å². The smallest absolute Gasteiger partial charge is 0.307 e. The van der Waals surface area contributed by atoms with E-state index in [2.05, 4.69) is 23.6 Å². The summed E-state index contributed by atoms with van der Waals surface area (Å²) in [5, 5.41) is 0. The molecule has 0 amide bonds. The number of benzene rings is 2. The topological polar surface area (TPSA) is 66.2 Å². The minimum Gasteiger partial charge on any atom is -0.307 e. The van der Waals surface area contributed by atoms with Crippen molar-refractivity contribution in [3.63, 3.8) is 0 Å². The van der Waals surface area contributed by atoms with Gasteiger partial charge in [0.15, 0.2) is 11.2 Å². The standard InChI is InChI=1S/C25H25N5O2/c1-16-17(2)30-21-22(26-24(30)29(16)18(3)20-13-9-6-10-14-20)27(4)25(32)28(23(21)31)15-19-11-7-5-8-12-19/h5-14,18H,15H2,1-4H3/t18-/m0/s1. The molecule has 3 heterocycles. The van der Waals surface area contributed by atoms with E-state index in [1.807, 2.05) is 66.8 Å². The van der Waals surface area contributed by atoms with Crippen molar-refractivity contribution in [2.24, 2.45) is 7.05 Å². The maximum absolute atomic E-state index is 13.6. The van der Waals surface area contributed by atoms with Crippen molar-refractivity contribution in [1.29, 1.82) is 0 Å². The van der Waals surface area contributed by atoms with E-state index in [9.17, 15) is 9.59 Å². The van der Waals surface area contributed by atoms with E-state index in [1.165, 1.54) is 9.13 Å². The first kappa shape index (κ1) is 20.1. The minimum absolute atomic E-state index is 0.0211. The van der Waals surface area contributed by atoms with Crippen molar-refractivity contribution in [1.82, 2.24) is 23.1 Å². The quantitative estimate of drug-likeness (QED) is 0.441. The predicted molar refractivity (Wildman–Crippen MR) is 125 cm³/mol. The minimum atomic E-state index is -0.371. The molecule has 3 aromatic heterocycles. The lowest BCUT2D eigenvalue weighted by Crippen LogP contribution is -2.39. The molecular formula is C25H25N5O2. The molecule has 0 unspecified atom stereocenters. The molecule has 0 aliphatic heterocycles. The Balaban J connectivity index is 1.81. The van der Waals surface area contributed by atoms with Crippen LogP contribution in [0, 0.1) is 13.8 Å². The van der Waals surface area contributed by atoms with Gasteiger partial charge in [-0.15, -0.1) is 0 Å². The number of aromatic nitrogens is 5. The normalized spacial score (nSPS) is 12.6. The van der Waals surface area contributed by atoms with Gasteiger partial charge >= 0.3 is 5.69 Å². The number of aryl methyl sites for hydroxylation is 2. The highest BCUT2D eigenvalue weighted by Crippen LogP contribution is 2.27. The average Bonchev–Trinajstić information content (AvgIpc) is 3.31. The third-order valence-electron chi connectivity index (χ3n) is 6.41. The zero-order chi connectivity index (χ0) is 22.6. The van der Waals surface area contributed by atoms with Gasteiger partial charge in [-0.1, -0.05) is 60.7 Å². The Hall–Kier alpha value is -3.87. The number of nitrogens with zero attached hydrogens (tertiary/aromatic N) is 5. The number of rotatable bonds is 4. The van der Waals surface area contributed by atoms with Gasteiger partial charge in [0, 0.05) is 18.4 Å². The zero-order valence-corrected chi connectivity index (χ0v) is 18.6. The van der Waals surface area contributed by atoms with Crippen molar-refractivity contribution < 1.29 is 0 Å². The Bertz CT molecular complexity index is 1570. The molecule has 0 spiro atoms. The molecule has 7 heteroatoms. The van der Waals surface area contributed by atoms with E-state index in [1.54, 1.807) is 7.05 Å². The van der Waals surface area contributed by atoms with E-state index in [0.29, 0.717) is 16.9 Å². The van der Waals surface area contributed by atoms with Gasteiger partial charge in [0.25, 0.3) is 5.56 Å². The Morgan fingerprint density at radius 2 is 1.53 bits per heavy atom. The first-order chi connectivity index (χ1) is 15.4. The molecule has 0 aliphatic carbocycles. The van der Waals surface area contributed by atoms with Crippen LogP contribution < -0.4 is 11.2 Å². The van der Waals surface area contributed by atoms with Crippen molar-refractivity contribution >= 4 is 16.9 Å². The molecule has 0 saturated heterocycles. The predicted octanol–water partition coefficient (Wildman–Crippen LogP) is 3.42. The molecule has 0 fully saturated rings. The number of imidazole rings is 2. The first-order valence-corrected chi connectivity index (χ1v) is 10.7. The van der Waals surface area contributed by atoms with E-state index in [0.717, 1.165) is 22.5 Å². The third-order valence-corrected chi connectivity index (χ3v) is 6.41. The van der Waals surface area contributed by atoms with Crippen LogP contribution in [0.3, 0.4) is 0 Å². The average molecular weight is 428 g/mol. The lowest BCUT2D eigenvalue weighted by atomic mass is 10.1.